The van der Waals surface area contributed by atoms with Crippen LogP contribution in [0.25, 0.3) is 0 Å². The first-order valence-electron chi connectivity index (χ1n) is 13.8. The zero-order chi connectivity index (χ0) is 28.2. The van der Waals surface area contributed by atoms with Crippen LogP contribution in [0.5, 0.6) is 0 Å². The maximum absolute atomic E-state index is 14.0. The molecule has 5 atom stereocenters. The number of aromatic nitrogens is 1. The van der Waals surface area contributed by atoms with Crippen LogP contribution in [0.1, 0.15) is 29.9 Å². The number of hydrogen-bond acceptors (Lipinski definition) is 6. The van der Waals surface area contributed by atoms with Gasteiger partial charge in [-0.05, 0) is 23.1 Å². The molecule has 2 N–H and O–H groups in total. The number of amides is 4. The third-order valence-electron chi connectivity index (χ3n) is 9.43. The van der Waals surface area contributed by atoms with Crippen molar-refractivity contribution in [2.45, 2.75) is 32.6 Å². The molecule has 5 fully saturated rings. The van der Waals surface area contributed by atoms with E-state index in [4.69, 9.17) is 4.74 Å². The van der Waals surface area contributed by atoms with Gasteiger partial charge in [0.1, 0.15) is 11.7 Å². The number of hydrogen-bond donors (Lipinski definition) is 2. The minimum atomic E-state index is -0.994. The number of likely N-dealkylation sites (N-methyl/N-ethyl adjacent to an activating group) is 1. The lowest BCUT2D eigenvalue weighted by Gasteiger charge is -2.50. The fraction of sp³-hybridized carbons (Fsp3) is 0.500. The van der Waals surface area contributed by atoms with Crippen LogP contribution in [0.2, 0.25) is 0 Å². The van der Waals surface area contributed by atoms with Crippen molar-refractivity contribution in [3.63, 3.8) is 0 Å². The predicted octanol–water partition coefficient (Wildman–Crippen LogP) is 1.08. The smallest absolute Gasteiger partial charge is 0.272 e. The van der Waals surface area contributed by atoms with E-state index in [0.717, 1.165) is 5.56 Å². The molecule has 2 aromatic rings. The normalized spacial score (nSPS) is 29.7. The zero-order valence-electron chi connectivity index (χ0n) is 23.0. The fourth-order valence-electron chi connectivity index (χ4n) is 7.17. The summed E-state index contributed by atoms with van der Waals surface area (Å²) in [4.78, 5) is 62.0. The first kappa shape index (κ1) is 26.4. The lowest BCUT2D eigenvalue weighted by Crippen LogP contribution is -2.65. The van der Waals surface area contributed by atoms with Gasteiger partial charge in [0.15, 0.2) is 0 Å². The molecule has 10 heteroatoms. The minimum absolute atomic E-state index is 0.0206. The number of nitrogens with zero attached hydrogens (tertiary/aromatic N) is 3. The Kier molecular flexibility index (Phi) is 6.40. The van der Waals surface area contributed by atoms with Gasteiger partial charge < -0.3 is 25.2 Å². The van der Waals surface area contributed by atoms with E-state index in [-0.39, 0.29) is 48.6 Å². The number of benzene rings is 1. The van der Waals surface area contributed by atoms with E-state index in [1.165, 1.54) is 7.05 Å². The summed E-state index contributed by atoms with van der Waals surface area (Å²) in [7, 11) is 1.53. The van der Waals surface area contributed by atoms with Crippen LogP contribution in [0.4, 0.5) is 0 Å². The SMILES string of the molecule is CNC(=O)[C@H]1NC(=O)[C@@H]2CN(C(=O)c3ccccn3)CC23CN(C3)C(=O)[C@H]2C([C@H]1OCc1ccccc1)C2(C)C. The van der Waals surface area contributed by atoms with Crippen molar-refractivity contribution in [2.75, 3.05) is 33.2 Å². The molecule has 7 rings (SSSR count). The van der Waals surface area contributed by atoms with Gasteiger partial charge in [-0.1, -0.05) is 50.2 Å². The molecule has 1 aliphatic carbocycles. The molecule has 1 spiro atoms. The predicted molar refractivity (Wildman–Crippen MR) is 144 cm³/mol. The molecule has 10 nitrogen and oxygen atoms in total. The highest BCUT2D eigenvalue weighted by atomic mass is 16.5. The van der Waals surface area contributed by atoms with Gasteiger partial charge in [0.25, 0.3) is 5.91 Å². The van der Waals surface area contributed by atoms with Gasteiger partial charge in [-0.25, -0.2) is 0 Å². The Labute approximate surface area is 233 Å². The van der Waals surface area contributed by atoms with Crippen molar-refractivity contribution in [3.05, 3.63) is 66.0 Å². The summed E-state index contributed by atoms with van der Waals surface area (Å²) in [5.41, 5.74) is 0.265. The summed E-state index contributed by atoms with van der Waals surface area (Å²) in [6.07, 6.45) is 0.851. The molecule has 40 heavy (non-hydrogen) atoms. The molecule has 1 aromatic heterocycles. The summed E-state index contributed by atoms with van der Waals surface area (Å²) < 4.78 is 6.42. The maximum Gasteiger partial charge on any atom is 0.272 e. The van der Waals surface area contributed by atoms with E-state index in [9.17, 15) is 19.2 Å². The Morgan fingerprint density at radius 1 is 1.07 bits per heavy atom. The summed E-state index contributed by atoms with van der Waals surface area (Å²) in [6.45, 7) is 5.62. The number of carbonyl (C=O) groups is 4. The Morgan fingerprint density at radius 3 is 2.48 bits per heavy atom. The number of carbonyl (C=O) groups excluding carboxylic acids is 4. The summed E-state index contributed by atoms with van der Waals surface area (Å²) in [6, 6.07) is 13.8. The van der Waals surface area contributed by atoms with E-state index >= 15 is 0 Å². The van der Waals surface area contributed by atoms with Crippen LogP contribution < -0.4 is 10.6 Å². The average molecular weight is 546 g/mol. The molecule has 4 amide bonds. The van der Waals surface area contributed by atoms with Gasteiger partial charge in [-0.2, -0.15) is 0 Å². The number of nitrogens with one attached hydrogen (secondary N) is 2. The van der Waals surface area contributed by atoms with Crippen LogP contribution in [0.15, 0.2) is 54.7 Å². The van der Waals surface area contributed by atoms with Gasteiger partial charge in [0.2, 0.25) is 17.7 Å². The summed E-state index contributed by atoms with van der Waals surface area (Å²) in [5, 5.41) is 5.71. The largest absolute Gasteiger partial charge is 0.371 e. The van der Waals surface area contributed by atoms with E-state index < -0.39 is 28.9 Å². The quantitative estimate of drug-likeness (QED) is 0.580. The summed E-state index contributed by atoms with van der Waals surface area (Å²) >= 11 is 0. The van der Waals surface area contributed by atoms with Gasteiger partial charge in [-0.15, -0.1) is 0 Å². The number of likely N-dealkylation sites (tertiary alicyclic amines) is 1. The van der Waals surface area contributed by atoms with Gasteiger partial charge in [-0.3, -0.25) is 24.2 Å². The molecule has 5 heterocycles. The standard InChI is InChI=1S/C30H35N5O5/c1-29(2)21-22(29)28(39)35-16-30(17-35)15-34(27(38)20-11-7-8-12-32-20)13-19(30)25(36)33-23(26(37)31-3)24(21)40-14-18-9-5-4-6-10-18/h4-12,19,21-24H,13-17H2,1-3H3,(H,31,37)(H,33,36)/t19-,21?,22+,23-,24+/m0/s1. The fourth-order valence-corrected chi connectivity index (χ4v) is 7.17. The molecule has 1 unspecified atom stereocenters. The second kappa shape index (κ2) is 9.69. The van der Waals surface area contributed by atoms with Crippen molar-refractivity contribution in [3.8, 4) is 0 Å². The van der Waals surface area contributed by atoms with Crippen LogP contribution >= 0.6 is 0 Å². The van der Waals surface area contributed by atoms with Crippen LogP contribution in [0.3, 0.4) is 0 Å². The van der Waals surface area contributed by atoms with Gasteiger partial charge in [0.05, 0.1) is 18.6 Å². The third-order valence-corrected chi connectivity index (χ3v) is 9.43. The lowest BCUT2D eigenvalue weighted by atomic mass is 9.71. The molecular formula is C30H35N5O5. The van der Waals surface area contributed by atoms with Crippen molar-refractivity contribution in [2.24, 2.45) is 28.6 Å². The Bertz CT molecular complexity index is 1330. The third kappa shape index (κ3) is 4.25. The topological polar surface area (TPSA) is 121 Å². The molecule has 2 bridgehead atoms. The van der Waals surface area contributed by atoms with Gasteiger partial charge in [0, 0.05) is 56.7 Å². The Hall–Kier alpha value is -3.79. The second-order valence-corrected chi connectivity index (χ2v) is 12.2. The van der Waals surface area contributed by atoms with Crippen molar-refractivity contribution >= 4 is 23.6 Å². The van der Waals surface area contributed by atoms with Gasteiger partial charge >= 0.3 is 0 Å². The van der Waals surface area contributed by atoms with Crippen molar-refractivity contribution in [1.82, 2.24) is 25.4 Å². The number of rotatable bonds is 5. The molecule has 210 valence electrons. The molecule has 1 aromatic carbocycles. The molecule has 4 aliphatic heterocycles. The zero-order valence-corrected chi connectivity index (χ0v) is 23.0. The van der Waals surface area contributed by atoms with Crippen LogP contribution in [-0.4, -0.2) is 83.8 Å². The number of pyridine rings is 1. The van der Waals surface area contributed by atoms with E-state index in [1.807, 2.05) is 49.1 Å². The highest BCUT2D eigenvalue weighted by Gasteiger charge is 2.70. The van der Waals surface area contributed by atoms with E-state index in [1.54, 1.807) is 29.3 Å². The van der Waals surface area contributed by atoms with Crippen LogP contribution in [-0.2, 0) is 25.7 Å². The maximum atomic E-state index is 14.0. The first-order valence-corrected chi connectivity index (χ1v) is 13.8. The molecule has 0 radical (unpaired) electrons. The average Bonchev–Trinajstić information content (AvgIpc) is 3.30. The highest BCUT2D eigenvalue weighted by molar-refractivity contribution is 5.95. The first-order chi connectivity index (χ1) is 19.2. The Morgan fingerprint density at radius 2 is 1.80 bits per heavy atom. The number of ether oxygens (including phenoxy) is 1. The molecular weight excluding hydrogens is 510 g/mol. The monoisotopic (exact) mass is 545 g/mol. The minimum Gasteiger partial charge on any atom is -0.371 e. The van der Waals surface area contributed by atoms with Crippen molar-refractivity contribution < 1.29 is 23.9 Å². The highest BCUT2D eigenvalue weighted by Crippen LogP contribution is 2.63. The lowest BCUT2D eigenvalue weighted by molar-refractivity contribution is -0.151. The molecule has 1 saturated carbocycles. The molecule has 4 saturated heterocycles. The van der Waals surface area contributed by atoms with E-state index in [0.29, 0.717) is 25.3 Å². The Balaban J connectivity index is 1.33. The number of fused-ring (bicyclic) bond motifs is 3. The van der Waals surface area contributed by atoms with Crippen molar-refractivity contribution in [1.29, 1.82) is 0 Å². The van der Waals surface area contributed by atoms with E-state index in [2.05, 4.69) is 15.6 Å². The molecule has 5 aliphatic rings. The summed E-state index contributed by atoms with van der Waals surface area (Å²) in [5.74, 6) is -2.06. The van der Waals surface area contributed by atoms with Crippen LogP contribution in [0, 0.1) is 28.6 Å². The second-order valence-electron chi connectivity index (χ2n) is 12.2.